The number of hydrogen-bond acceptors (Lipinski definition) is 3. The molecule has 2 heterocycles. The third-order valence-electron chi connectivity index (χ3n) is 3.65. The number of carbonyl (C=O) groups excluding carboxylic acids is 1. The molecule has 1 aliphatic rings. The number of rotatable bonds is 4. The average molecular weight is 282 g/mol. The van der Waals surface area contributed by atoms with Crippen molar-refractivity contribution >= 4 is 5.91 Å². The first-order valence-electron chi connectivity index (χ1n) is 7.20. The zero-order valence-corrected chi connectivity index (χ0v) is 11.8. The molecule has 0 aromatic carbocycles. The number of nitrogens with zero attached hydrogens (tertiary/aromatic N) is 3. The summed E-state index contributed by atoms with van der Waals surface area (Å²) in [5, 5.41) is 7.12. The Hall–Kier alpha value is -2.43. The molecule has 0 spiro atoms. The second kappa shape index (κ2) is 6.35. The van der Waals surface area contributed by atoms with Crippen LogP contribution in [0.1, 0.15) is 24.8 Å². The molecule has 0 unspecified atom stereocenters. The molecule has 5 nitrogen and oxygen atoms in total. The van der Waals surface area contributed by atoms with E-state index >= 15 is 0 Å². The normalized spacial score (nSPS) is 17.6. The van der Waals surface area contributed by atoms with Gasteiger partial charge in [-0.05, 0) is 37.0 Å². The van der Waals surface area contributed by atoms with E-state index in [0.717, 1.165) is 30.6 Å². The third kappa shape index (κ3) is 3.37. The Morgan fingerprint density at radius 3 is 3.00 bits per heavy atom. The fourth-order valence-corrected chi connectivity index (χ4v) is 2.43. The van der Waals surface area contributed by atoms with Gasteiger partial charge in [0.1, 0.15) is 0 Å². The summed E-state index contributed by atoms with van der Waals surface area (Å²) in [6.45, 7) is 0.519. The molecule has 0 bridgehead atoms. The second-order valence-corrected chi connectivity index (χ2v) is 5.17. The largest absolute Gasteiger partial charge is 0.352 e. The van der Waals surface area contributed by atoms with E-state index in [0.29, 0.717) is 6.54 Å². The molecule has 0 aliphatic heterocycles. The van der Waals surface area contributed by atoms with E-state index in [9.17, 15) is 4.79 Å². The highest BCUT2D eigenvalue weighted by Gasteiger charge is 2.17. The van der Waals surface area contributed by atoms with Crippen LogP contribution in [0, 0.1) is 5.92 Å². The van der Waals surface area contributed by atoms with E-state index in [1.54, 1.807) is 17.1 Å². The van der Waals surface area contributed by atoms with Crippen LogP contribution in [0.3, 0.4) is 0 Å². The smallest absolute Gasteiger partial charge is 0.223 e. The summed E-state index contributed by atoms with van der Waals surface area (Å²) < 4.78 is 1.71. The van der Waals surface area contributed by atoms with Crippen molar-refractivity contribution in [1.82, 2.24) is 20.1 Å². The fourth-order valence-electron chi connectivity index (χ4n) is 2.43. The first kappa shape index (κ1) is 13.5. The molecule has 0 saturated carbocycles. The van der Waals surface area contributed by atoms with Gasteiger partial charge >= 0.3 is 0 Å². The molecule has 1 aliphatic carbocycles. The maximum atomic E-state index is 12.0. The van der Waals surface area contributed by atoms with Gasteiger partial charge in [-0.25, -0.2) is 9.67 Å². The lowest BCUT2D eigenvalue weighted by molar-refractivity contribution is -0.125. The summed E-state index contributed by atoms with van der Waals surface area (Å²) in [5.41, 5.74) is 0.991. The number of amides is 1. The molecule has 1 amide bonds. The molecule has 2 aromatic rings. The number of pyridine rings is 1. The van der Waals surface area contributed by atoms with E-state index in [4.69, 9.17) is 0 Å². The zero-order chi connectivity index (χ0) is 14.5. The van der Waals surface area contributed by atoms with Crippen molar-refractivity contribution in [1.29, 1.82) is 0 Å². The van der Waals surface area contributed by atoms with E-state index in [1.807, 2.05) is 24.4 Å². The van der Waals surface area contributed by atoms with Gasteiger partial charge in [0.05, 0.1) is 0 Å². The van der Waals surface area contributed by atoms with Gasteiger partial charge in [0, 0.05) is 31.1 Å². The summed E-state index contributed by atoms with van der Waals surface area (Å²) in [4.78, 5) is 16.4. The maximum Gasteiger partial charge on any atom is 0.223 e. The van der Waals surface area contributed by atoms with Gasteiger partial charge in [0.15, 0.2) is 5.82 Å². The van der Waals surface area contributed by atoms with Crippen LogP contribution < -0.4 is 5.32 Å². The molecular weight excluding hydrogens is 264 g/mol. The second-order valence-electron chi connectivity index (χ2n) is 5.17. The van der Waals surface area contributed by atoms with Crippen molar-refractivity contribution in [3.8, 4) is 5.82 Å². The number of allylic oxidation sites excluding steroid dienone is 2. The van der Waals surface area contributed by atoms with Crippen molar-refractivity contribution in [2.24, 2.45) is 5.92 Å². The summed E-state index contributed by atoms with van der Waals surface area (Å²) in [6, 6.07) is 5.72. The summed E-state index contributed by atoms with van der Waals surface area (Å²) in [6.07, 6.45) is 12.4. The monoisotopic (exact) mass is 282 g/mol. The van der Waals surface area contributed by atoms with Crippen LogP contribution in [-0.4, -0.2) is 20.7 Å². The van der Waals surface area contributed by atoms with Crippen molar-refractivity contribution in [2.75, 3.05) is 0 Å². The average Bonchev–Trinajstić information content (AvgIpc) is 3.08. The van der Waals surface area contributed by atoms with E-state index in [-0.39, 0.29) is 11.8 Å². The van der Waals surface area contributed by atoms with Crippen LogP contribution in [0.2, 0.25) is 0 Å². The standard InChI is InChI=1S/C16H18N4O/c21-16(14-5-2-1-3-6-14)18-12-13-7-8-15(17-11-13)20-10-4-9-19-20/h1-2,4,7-11,14H,3,5-6,12H2,(H,18,21)/t14-/m0/s1. The van der Waals surface area contributed by atoms with Gasteiger partial charge in [0.2, 0.25) is 5.91 Å². The quantitative estimate of drug-likeness (QED) is 0.875. The van der Waals surface area contributed by atoms with Gasteiger partial charge < -0.3 is 5.32 Å². The van der Waals surface area contributed by atoms with E-state index in [1.165, 1.54) is 0 Å². The molecule has 1 N–H and O–H groups in total. The van der Waals surface area contributed by atoms with E-state index in [2.05, 4.69) is 27.6 Å². The highest BCUT2D eigenvalue weighted by Crippen LogP contribution is 2.18. The topological polar surface area (TPSA) is 59.8 Å². The SMILES string of the molecule is O=C(NCc1ccc(-n2cccn2)nc1)[C@H]1CC=CCC1. The highest BCUT2D eigenvalue weighted by molar-refractivity contribution is 5.78. The minimum atomic E-state index is 0.117. The number of hydrogen-bond donors (Lipinski definition) is 1. The maximum absolute atomic E-state index is 12.0. The van der Waals surface area contributed by atoms with Crippen molar-refractivity contribution in [3.63, 3.8) is 0 Å². The van der Waals surface area contributed by atoms with Crippen LogP contribution in [0.25, 0.3) is 5.82 Å². The van der Waals surface area contributed by atoms with Crippen LogP contribution in [0.4, 0.5) is 0 Å². The summed E-state index contributed by atoms with van der Waals surface area (Å²) in [5.74, 6) is 1.02. The first-order chi connectivity index (χ1) is 10.3. The molecule has 0 fully saturated rings. The molecule has 0 radical (unpaired) electrons. The van der Waals surface area contributed by atoms with Gasteiger partial charge in [-0.2, -0.15) is 5.10 Å². The molecule has 21 heavy (non-hydrogen) atoms. The Labute approximate surface area is 123 Å². The summed E-state index contributed by atoms with van der Waals surface area (Å²) in [7, 11) is 0. The van der Waals surface area contributed by atoms with Crippen LogP contribution >= 0.6 is 0 Å². The molecule has 1 atom stereocenters. The number of aromatic nitrogens is 3. The summed E-state index contributed by atoms with van der Waals surface area (Å²) >= 11 is 0. The molecule has 108 valence electrons. The van der Waals surface area contributed by atoms with Crippen molar-refractivity contribution < 1.29 is 4.79 Å². The molecule has 3 rings (SSSR count). The van der Waals surface area contributed by atoms with Crippen molar-refractivity contribution in [2.45, 2.75) is 25.8 Å². The van der Waals surface area contributed by atoms with Crippen LogP contribution in [0.5, 0.6) is 0 Å². The molecular formula is C16H18N4O. The Morgan fingerprint density at radius 2 is 2.33 bits per heavy atom. The van der Waals surface area contributed by atoms with Gasteiger partial charge in [-0.1, -0.05) is 18.2 Å². The molecule has 0 saturated heterocycles. The predicted molar refractivity (Wildman–Crippen MR) is 79.7 cm³/mol. The highest BCUT2D eigenvalue weighted by atomic mass is 16.1. The number of carbonyl (C=O) groups is 1. The fraction of sp³-hybridized carbons (Fsp3) is 0.312. The van der Waals surface area contributed by atoms with Gasteiger partial charge in [-0.15, -0.1) is 0 Å². The minimum absolute atomic E-state index is 0.117. The zero-order valence-electron chi connectivity index (χ0n) is 11.8. The van der Waals surface area contributed by atoms with Crippen LogP contribution in [0.15, 0.2) is 48.9 Å². The predicted octanol–water partition coefficient (Wildman–Crippen LogP) is 2.24. The Balaban J connectivity index is 1.56. The van der Waals surface area contributed by atoms with Crippen LogP contribution in [-0.2, 0) is 11.3 Å². The lowest BCUT2D eigenvalue weighted by Crippen LogP contribution is -2.30. The van der Waals surface area contributed by atoms with E-state index < -0.39 is 0 Å². The Kier molecular flexibility index (Phi) is 4.09. The molecule has 5 heteroatoms. The van der Waals surface area contributed by atoms with Crippen molar-refractivity contribution in [3.05, 3.63) is 54.5 Å². The third-order valence-corrected chi connectivity index (χ3v) is 3.65. The Bertz CT molecular complexity index is 616. The van der Waals surface area contributed by atoms with Gasteiger partial charge in [0.25, 0.3) is 0 Å². The lowest BCUT2D eigenvalue weighted by atomic mass is 9.93. The Morgan fingerprint density at radius 1 is 1.38 bits per heavy atom. The van der Waals surface area contributed by atoms with Gasteiger partial charge in [-0.3, -0.25) is 4.79 Å². The number of nitrogens with one attached hydrogen (secondary N) is 1. The lowest BCUT2D eigenvalue weighted by Gasteiger charge is -2.17. The minimum Gasteiger partial charge on any atom is -0.352 e. The molecule has 2 aromatic heterocycles. The first-order valence-corrected chi connectivity index (χ1v) is 7.20.